The van der Waals surface area contributed by atoms with Crippen molar-refractivity contribution in [2.45, 2.75) is 45.4 Å². The Morgan fingerprint density at radius 2 is 2.00 bits per heavy atom. The molecule has 0 amide bonds. The lowest BCUT2D eigenvalue weighted by molar-refractivity contribution is -0.0734. The fourth-order valence-corrected chi connectivity index (χ4v) is 2.43. The maximum Gasteiger partial charge on any atom is 0.0901 e. The topological polar surface area (TPSA) is 38.5 Å². The third-order valence-electron chi connectivity index (χ3n) is 2.60. The van der Waals surface area contributed by atoms with E-state index in [0.717, 1.165) is 19.5 Å². The highest BCUT2D eigenvalue weighted by Crippen LogP contribution is 2.15. The molecule has 0 spiro atoms. The Morgan fingerprint density at radius 1 is 1.50 bits per heavy atom. The van der Waals surface area contributed by atoms with Gasteiger partial charge in [-0.15, -0.1) is 0 Å². The molecular formula is C10H20N2OS. The van der Waals surface area contributed by atoms with Crippen molar-refractivity contribution < 1.29 is 4.74 Å². The Kier molecular flexibility index (Phi) is 4.29. The lowest BCUT2D eigenvalue weighted by Gasteiger charge is -2.39. The maximum absolute atomic E-state index is 5.72. The lowest BCUT2D eigenvalue weighted by Crippen LogP contribution is -2.53. The van der Waals surface area contributed by atoms with E-state index in [-0.39, 0.29) is 18.2 Å². The van der Waals surface area contributed by atoms with E-state index in [9.17, 15) is 0 Å². The maximum atomic E-state index is 5.72. The number of hydrogen-bond acceptors (Lipinski definition) is 3. The van der Waals surface area contributed by atoms with E-state index < -0.39 is 0 Å². The normalized spacial score (nSPS) is 31.4. The Hall–Kier alpha value is -0.190. The molecule has 0 aliphatic carbocycles. The van der Waals surface area contributed by atoms with Crippen molar-refractivity contribution in [3.8, 4) is 0 Å². The molecule has 0 aromatic rings. The summed E-state index contributed by atoms with van der Waals surface area (Å²) in [6.07, 6.45) is 1.54. The third kappa shape index (κ3) is 2.90. The number of hydrogen-bond donors (Lipinski definition) is 1. The van der Waals surface area contributed by atoms with E-state index in [1.807, 2.05) is 0 Å². The molecule has 0 aromatic heterocycles. The van der Waals surface area contributed by atoms with Crippen molar-refractivity contribution in [3.63, 3.8) is 0 Å². The van der Waals surface area contributed by atoms with Crippen LogP contribution in [-0.2, 0) is 4.74 Å². The van der Waals surface area contributed by atoms with Crippen LogP contribution in [0.1, 0.15) is 27.2 Å². The molecule has 0 saturated carbocycles. The monoisotopic (exact) mass is 216 g/mol. The average molecular weight is 216 g/mol. The van der Waals surface area contributed by atoms with Crippen molar-refractivity contribution in [2.24, 2.45) is 5.73 Å². The van der Waals surface area contributed by atoms with Gasteiger partial charge in [0.15, 0.2) is 0 Å². The van der Waals surface area contributed by atoms with E-state index in [4.69, 9.17) is 22.7 Å². The van der Waals surface area contributed by atoms with Crippen molar-refractivity contribution in [2.75, 3.05) is 13.1 Å². The number of nitrogens with zero attached hydrogens (tertiary/aromatic N) is 1. The molecule has 4 heteroatoms. The van der Waals surface area contributed by atoms with Crippen LogP contribution in [0.25, 0.3) is 0 Å². The van der Waals surface area contributed by atoms with Gasteiger partial charge in [-0.1, -0.05) is 19.1 Å². The summed E-state index contributed by atoms with van der Waals surface area (Å²) in [7, 11) is 0. The van der Waals surface area contributed by atoms with Gasteiger partial charge in [0.2, 0.25) is 0 Å². The second-order valence-electron chi connectivity index (χ2n) is 4.04. The lowest BCUT2D eigenvalue weighted by atomic mass is 10.1. The molecule has 3 unspecified atom stereocenters. The van der Waals surface area contributed by atoms with Gasteiger partial charge in [-0.2, -0.15) is 0 Å². The van der Waals surface area contributed by atoms with Crippen LogP contribution in [0.5, 0.6) is 0 Å². The predicted octanol–water partition coefficient (Wildman–Crippen LogP) is 1.16. The van der Waals surface area contributed by atoms with E-state index in [1.165, 1.54) is 0 Å². The minimum absolute atomic E-state index is 0.235. The first-order valence-corrected chi connectivity index (χ1v) is 5.64. The molecule has 0 aromatic carbocycles. The highest BCUT2D eigenvalue weighted by atomic mass is 32.1. The van der Waals surface area contributed by atoms with E-state index in [1.54, 1.807) is 0 Å². The zero-order chi connectivity index (χ0) is 10.7. The van der Waals surface area contributed by atoms with Crippen LogP contribution in [0.4, 0.5) is 0 Å². The van der Waals surface area contributed by atoms with Crippen LogP contribution in [0, 0.1) is 0 Å². The van der Waals surface area contributed by atoms with Gasteiger partial charge in [-0.25, -0.2) is 0 Å². The van der Waals surface area contributed by atoms with Gasteiger partial charge in [0, 0.05) is 13.1 Å². The zero-order valence-corrected chi connectivity index (χ0v) is 10.0. The Morgan fingerprint density at radius 3 is 2.36 bits per heavy atom. The molecule has 14 heavy (non-hydrogen) atoms. The summed E-state index contributed by atoms with van der Waals surface area (Å²) in [5.74, 6) is 0. The standard InChI is InChI=1S/C10H20N2OS/c1-4-9(10(11)14)12-5-7(2)13-8(3)6-12/h7-9H,4-6H2,1-3H3,(H2,11,14). The fraction of sp³-hybridized carbons (Fsp3) is 0.900. The van der Waals surface area contributed by atoms with Gasteiger partial charge in [-0.05, 0) is 20.3 Å². The van der Waals surface area contributed by atoms with Crippen LogP contribution < -0.4 is 5.73 Å². The Bertz CT molecular complexity index is 200. The third-order valence-corrected chi connectivity index (χ3v) is 2.88. The molecule has 3 nitrogen and oxygen atoms in total. The molecular weight excluding hydrogens is 196 g/mol. The van der Waals surface area contributed by atoms with Crippen molar-refractivity contribution in [3.05, 3.63) is 0 Å². The van der Waals surface area contributed by atoms with Gasteiger partial charge in [0.1, 0.15) is 0 Å². The van der Waals surface area contributed by atoms with E-state index >= 15 is 0 Å². The quantitative estimate of drug-likeness (QED) is 0.719. The van der Waals surface area contributed by atoms with Gasteiger partial charge in [0.05, 0.1) is 23.2 Å². The number of thiocarbonyl (C=S) groups is 1. The smallest absolute Gasteiger partial charge is 0.0901 e. The Balaban J connectivity index is 2.61. The molecule has 1 heterocycles. The van der Waals surface area contributed by atoms with E-state index in [2.05, 4.69) is 25.7 Å². The summed E-state index contributed by atoms with van der Waals surface area (Å²) in [4.78, 5) is 2.94. The second kappa shape index (κ2) is 5.05. The number of morpholine rings is 1. The summed E-state index contributed by atoms with van der Waals surface area (Å²) in [6, 6.07) is 0.235. The first-order chi connectivity index (χ1) is 6.54. The summed E-state index contributed by atoms with van der Waals surface area (Å²) >= 11 is 5.07. The van der Waals surface area contributed by atoms with Crippen molar-refractivity contribution in [1.29, 1.82) is 0 Å². The second-order valence-corrected chi connectivity index (χ2v) is 4.51. The van der Waals surface area contributed by atoms with E-state index in [0.29, 0.717) is 4.99 Å². The highest BCUT2D eigenvalue weighted by Gasteiger charge is 2.28. The largest absolute Gasteiger partial charge is 0.392 e. The summed E-state index contributed by atoms with van der Waals surface area (Å²) < 4.78 is 5.67. The molecule has 1 saturated heterocycles. The van der Waals surface area contributed by atoms with Crippen LogP contribution >= 0.6 is 12.2 Å². The number of ether oxygens (including phenoxy) is 1. The first kappa shape index (κ1) is 11.9. The van der Waals surface area contributed by atoms with Gasteiger partial charge in [-0.3, -0.25) is 4.90 Å². The average Bonchev–Trinajstić information content (AvgIpc) is 2.02. The summed E-state index contributed by atoms with van der Waals surface area (Å²) in [5, 5.41) is 0. The molecule has 1 aliphatic rings. The molecule has 0 radical (unpaired) electrons. The minimum atomic E-state index is 0.235. The van der Waals surface area contributed by atoms with Gasteiger partial charge in [0.25, 0.3) is 0 Å². The first-order valence-electron chi connectivity index (χ1n) is 5.23. The molecule has 1 fully saturated rings. The van der Waals surface area contributed by atoms with Crippen LogP contribution in [0.2, 0.25) is 0 Å². The van der Waals surface area contributed by atoms with Crippen LogP contribution in [0.3, 0.4) is 0 Å². The number of nitrogens with two attached hydrogens (primary N) is 1. The molecule has 1 rings (SSSR count). The summed E-state index contributed by atoms with van der Waals surface area (Å²) in [5.41, 5.74) is 5.72. The molecule has 1 aliphatic heterocycles. The Labute approximate surface area is 91.6 Å². The molecule has 82 valence electrons. The highest BCUT2D eigenvalue weighted by molar-refractivity contribution is 7.80. The number of rotatable bonds is 3. The molecule has 3 atom stereocenters. The van der Waals surface area contributed by atoms with Crippen molar-refractivity contribution >= 4 is 17.2 Å². The van der Waals surface area contributed by atoms with Crippen LogP contribution in [-0.4, -0.2) is 41.2 Å². The van der Waals surface area contributed by atoms with Crippen LogP contribution in [0.15, 0.2) is 0 Å². The molecule has 2 N–H and O–H groups in total. The SMILES string of the molecule is CCC(C(N)=S)N1CC(C)OC(C)C1. The fourth-order valence-electron chi connectivity index (χ4n) is 2.11. The van der Waals surface area contributed by atoms with Gasteiger partial charge >= 0.3 is 0 Å². The summed E-state index contributed by atoms with van der Waals surface area (Å²) in [6.45, 7) is 8.17. The minimum Gasteiger partial charge on any atom is -0.392 e. The predicted molar refractivity (Wildman–Crippen MR) is 62.4 cm³/mol. The molecule has 0 bridgehead atoms. The zero-order valence-electron chi connectivity index (χ0n) is 9.19. The van der Waals surface area contributed by atoms with Crippen molar-refractivity contribution in [1.82, 2.24) is 4.90 Å². The van der Waals surface area contributed by atoms with Gasteiger partial charge < -0.3 is 10.5 Å².